The second-order valence-corrected chi connectivity index (χ2v) is 16.4. The van der Waals surface area contributed by atoms with Crippen LogP contribution in [-0.4, -0.2) is 55.9 Å². The number of aliphatic hydroxyl groups excluding tert-OH is 1. The van der Waals surface area contributed by atoms with E-state index in [2.05, 4.69) is 23.6 Å². The number of anilines is 2. The molecule has 0 spiro atoms. The summed E-state index contributed by atoms with van der Waals surface area (Å²) >= 11 is 5.22. The molecule has 1 saturated heterocycles. The summed E-state index contributed by atoms with van der Waals surface area (Å²) in [6, 6.07) is 19.2. The van der Waals surface area contributed by atoms with Gasteiger partial charge in [0.2, 0.25) is 5.91 Å². The smallest absolute Gasteiger partial charge is 0.0718 e. The summed E-state index contributed by atoms with van der Waals surface area (Å²) in [7, 11) is 0. The van der Waals surface area contributed by atoms with E-state index in [1.807, 2.05) is 55.5 Å². The molecular weight excluding hydrogens is 681 g/mol. The minimum absolute atomic E-state index is 0.103. The normalized spacial score (nSPS) is 15.5. The maximum absolute atomic E-state index is 13.0. The number of rotatable bonds is 12. The quantitative estimate of drug-likeness (QED) is 0.102. The number of benzene rings is 3. The summed E-state index contributed by atoms with van der Waals surface area (Å²) in [6.45, 7) is 3.97. The molecule has 0 bridgehead atoms. The molecular formula is C33H41ClIN3O5. The molecule has 0 saturated carbocycles. The minimum Gasteiger partial charge on any atom is -0.392 e. The fourth-order valence-electron chi connectivity index (χ4n) is 5.08. The molecule has 4 rings (SSSR count). The van der Waals surface area contributed by atoms with Crippen molar-refractivity contribution >= 4 is 55.1 Å². The van der Waals surface area contributed by atoms with E-state index in [9.17, 15) is 14.7 Å². The van der Waals surface area contributed by atoms with Crippen LogP contribution in [0.25, 0.3) is 11.1 Å². The minimum atomic E-state index is -1.11. The largest absolute Gasteiger partial charge is 0.392 e. The summed E-state index contributed by atoms with van der Waals surface area (Å²) in [5.41, 5.74) is 4.60. The monoisotopic (exact) mass is 721 g/mol. The van der Waals surface area contributed by atoms with Gasteiger partial charge in [-0.3, -0.25) is 4.79 Å². The van der Waals surface area contributed by atoms with E-state index in [1.165, 1.54) is 0 Å². The Morgan fingerprint density at radius 1 is 1.07 bits per heavy atom. The van der Waals surface area contributed by atoms with Crippen LogP contribution in [0.15, 0.2) is 60.7 Å². The number of nitrogens with one attached hydrogen (secondary N) is 2. The van der Waals surface area contributed by atoms with Gasteiger partial charge in [0.25, 0.3) is 0 Å². The SMILES string of the molecule is CCOc1cc(NC(=O)CCCc2ccc(-c3ccccc3)c(NC(=O)OC3CCCN(I(C)C)C3)c2)c(Cl)cc1CO. The molecule has 0 aromatic heterocycles. The Morgan fingerprint density at radius 2 is 1.86 bits per heavy atom. The maximum Gasteiger partial charge on any atom is 0.0718 e. The predicted molar refractivity (Wildman–Crippen MR) is 183 cm³/mol. The first-order valence-electron chi connectivity index (χ1n) is 14.5. The third-order valence-corrected chi connectivity index (χ3v) is 11.2. The molecule has 10 heteroatoms. The van der Waals surface area contributed by atoms with E-state index in [1.54, 1.807) is 12.1 Å². The zero-order valence-electron chi connectivity index (χ0n) is 25.0. The molecule has 3 N–H and O–H groups in total. The number of carbonyl (C=O) groups is 2. The topological polar surface area (TPSA) is 100 Å². The fraction of sp³-hybridized carbons (Fsp3) is 0.394. The van der Waals surface area contributed by atoms with Crippen molar-refractivity contribution in [2.45, 2.75) is 51.7 Å². The van der Waals surface area contributed by atoms with E-state index < -0.39 is 26.2 Å². The second-order valence-electron chi connectivity index (χ2n) is 10.6. The van der Waals surface area contributed by atoms with Crippen LogP contribution in [0, 0.1) is 0 Å². The average molecular weight is 722 g/mol. The van der Waals surface area contributed by atoms with E-state index in [4.69, 9.17) is 21.1 Å². The van der Waals surface area contributed by atoms with Gasteiger partial charge < -0.3 is 15.2 Å². The van der Waals surface area contributed by atoms with Crippen LogP contribution in [0.2, 0.25) is 5.02 Å². The van der Waals surface area contributed by atoms with E-state index in [-0.39, 0.29) is 25.0 Å². The zero-order valence-corrected chi connectivity index (χ0v) is 27.9. The van der Waals surface area contributed by atoms with Crippen LogP contribution in [-0.2, 0) is 22.6 Å². The van der Waals surface area contributed by atoms with Crippen LogP contribution >= 0.6 is 31.7 Å². The van der Waals surface area contributed by atoms with Gasteiger partial charge in [-0.2, -0.15) is 0 Å². The van der Waals surface area contributed by atoms with Gasteiger partial charge in [0, 0.05) is 11.6 Å². The number of aryl methyl sites for hydroxylation is 1. The molecule has 1 unspecified atom stereocenters. The fourth-order valence-corrected chi connectivity index (χ4v) is 7.84. The standard InChI is InChI=1S/C33H41ClIN3O5/c1-4-42-31-20-30(28(34)19-25(31)22-39)36-32(40)14-8-10-23-15-16-27(24-11-6-5-7-12-24)29(18-23)37-33(41)43-26-13-9-17-38(21-26)35(2)3/h5-7,11-12,15-16,18-20,26,39H,4,8-10,13-14,17,21-22H2,1-3H3,(H,36,40)(H,37,41). The number of alkyl halides is 2. The summed E-state index contributed by atoms with van der Waals surface area (Å²) < 4.78 is 13.9. The van der Waals surface area contributed by atoms with Crippen LogP contribution in [0.4, 0.5) is 16.2 Å². The molecule has 0 aliphatic carbocycles. The van der Waals surface area contributed by atoms with Gasteiger partial charge in [0.1, 0.15) is 5.75 Å². The Hall–Kier alpha value is -2.86. The number of ether oxygens (including phenoxy) is 2. The van der Waals surface area contributed by atoms with Gasteiger partial charge in [-0.25, -0.2) is 0 Å². The second kappa shape index (κ2) is 16.3. The number of hydrogen-bond acceptors (Lipinski definition) is 6. The Kier molecular flexibility index (Phi) is 12.5. The molecule has 43 heavy (non-hydrogen) atoms. The first-order chi connectivity index (χ1) is 20.8. The van der Waals surface area contributed by atoms with Gasteiger partial charge >= 0.3 is 176 Å². The first kappa shape index (κ1) is 33.0. The van der Waals surface area contributed by atoms with Crippen molar-refractivity contribution in [2.75, 3.05) is 40.2 Å². The molecule has 8 nitrogen and oxygen atoms in total. The number of nitrogens with zero attached hydrogens (tertiary/aromatic N) is 1. The molecule has 1 fully saturated rings. The van der Waals surface area contributed by atoms with Gasteiger partial charge in [0.05, 0.1) is 23.9 Å². The predicted octanol–water partition coefficient (Wildman–Crippen LogP) is 7.55. The van der Waals surface area contributed by atoms with Crippen molar-refractivity contribution < 1.29 is 24.2 Å². The van der Waals surface area contributed by atoms with Gasteiger partial charge in [0.15, 0.2) is 0 Å². The van der Waals surface area contributed by atoms with Crippen molar-refractivity contribution in [3.8, 4) is 16.9 Å². The Labute approximate surface area is 266 Å². The molecule has 1 heterocycles. The Morgan fingerprint density at radius 3 is 2.58 bits per heavy atom. The molecule has 3 aromatic rings. The number of amides is 2. The number of hydrogen-bond donors (Lipinski definition) is 3. The summed E-state index contributed by atoms with van der Waals surface area (Å²) in [6.07, 6.45) is 2.90. The van der Waals surface area contributed by atoms with Crippen molar-refractivity contribution in [1.82, 2.24) is 3.11 Å². The molecule has 2 amide bonds. The van der Waals surface area contributed by atoms with Gasteiger partial charge in [-0.1, -0.05) is 11.6 Å². The number of carbonyl (C=O) groups excluding carboxylic acids is 2. The number of halogens is 2. The third-order valence-electron chi connectivity index (χ3n) is 7.25. The van der Waals surface area contributed by atoms with Crippen LogP contribution in [0.5, 0.6) is 5.75 Å². The van der Waals surface area contributed by atoms with Crippen molar-refractivity contribution in [3.05, 3.63) is 76.8 Å². The number of aliphatic hydroxyl groups is 1. The van der Waals surface area contributed by atoms with Gasteiger partial charge in [-0.05, 0) is 13.0 Å². The Balaban J connectivity index is 1.40. The molecule has 232 valence electrons. The number of piperidine rings is 1. The molecule has 1 aliphatic heterocycles. The molecule has 3 aromatic carbocycles. The van der Waals surface area contributed by atoms with E-state index in [0.717, 1.165) is 42.6 Å². The zero-order chi connectivity index (χ0) is 30.8. The van der Waals surface area contributed by atoms with Crippen molar-refractivity contribution in [2.24, 2.45) is 0 Å². The van der Waals surface area contributed by atoms with E-state index >= 15 is 0 Å². The van der Waals surface area contributed by atoms with E-state index in [0.29, 0.717) is 47.2 Å². The third kappa shape index (κ3) is 9.56. The maximum atomic E-state index is 13.0. The summed E-state index contributed by atoms with van der Waals surface area (Å²) in [4.78, 5) is 30.4. The van der Waals surface area contributed by atoms with Crippen molar-refractivity contribution in [3.63, 3.8) is 0 Å². The summed E-state index contributed by atoms with van der Waals surface area (Å²) in [5, 5.41) is 15.8. The van der Waals surface area contributed by atoms with Crippen LogP contribution in [0.3, 0.4) is 0 Å². The van der Waals surface area contributed by atoms with Crippen molar-refractivity contribution in [1.29, 1.82) is 0 Å². The Bertz CT molecular complexity index is 1390. The van der Waals surface area contributed by atoms with Crippen LogP contribution < -0.4 is 15.4 Å². The molecule has 1 atom stereocenters. The summed E-state index contributed by atoms with van der Waals surface area (Å²) in [5.74, 6) is 0.319. The molecule has 0 radical (unpaired) electrons. The van der Waals surface area contributed by atoms with Gasteiger partial charge in [-0.15, -0.1) is 0 Å². The molecule has 1 aliphatic rings. The van der Waals surface area contributed by atoms with Crippen LogP contribution in [0.1, 0.15) is 43.7 Å². The average Bonchev–Trinajstić information content (AvgIpc) is 2.99. The first-order valence-corrected chi connectivity index (χ1v) is 20.2.